The predicted molar refractivity (Wildman–Crippen MR) is 162 cm³/mol. The second-order valence-electron chi connectivity index (χ2n) is 10.6. The van der Waals surface area contributed by atoms with Crippen LogP contribution in [0.15, 0.2) is 43.0 Å². The van der Waals surface area contributed by atoms with Crippen LogP contribution < -0.4 is 10.3 Å². The van der Waals surface area contributed by atoms with Crippen LogP contribution >= 0.6 is 7.52 Å². The number of carbonyl (C=O) groups excluding carboxylic acids is 2. The molecule has 1 saturated carbocycles. The number of imidazole rings is 1. The highest BCUT2D eigenvalue weighted by atomic mass is 31.2. The van der Waals surface area contributed by atoms with E-state index in [0.717, 1.165) is 32.1 Å². The molecule has 1 aromatic carbocycles. The fraction of sp³-hybridized carbons (Fsp3) is 0.552. The molecule has 2 unspecified atom stereocenters. The Balaban J connectivity index is 1.58. The van der Waals surface area contributed by atoms with Crippen LogP contribution in [-0.2, 0) is 34.9 Å². The molecule has 2 heterocycles. The van der Waals surface area contributed by atoms with Gasteiger partial charge in [-0.25, -0.2) is 19.7 Å². The van der Waals surface area contributed by atoms with Gasteiger partial charge >= 0.3 is 19.6 Å². The zero-order valence-corrected chi connectivity index (χ0v) is 26.4. The number of ether oxygens (including phenoxy) is 4. The minimum atomic E-state index is -4.13. The predicted octanol–water partition coefficient (Wildman–Crippen LogP) is 5.13. The zero-order valence-electron chi connectivity index (χ0n) is 25.5. The Morgan fingerprint density at radius 3 is 2.52 bits per heavy atom. The van der Waals surface area contributed by atoms with Crippen molar-refractivity contribution in [3.63, 3.8) is 0 Å². The topological polar surface area (TPSA) is 170 Å². The number of nitrogens with two attached hydrogens (primary N) is 1. The number of rotatable bonds is 14. The summed E-state index contributed by atoms with van der Waals surface area (Å²) >= 11 is 0. The van der Waals surface area contributed by atoms with Crippen molar-refractivity contribution in [3.05, 3.63) is 43.0 Å². The Morgan fingerprint density at radius 2 is 1.82 bits per heavy atom. The average molecular weight is 633 g/mol. The molecule has 0 amide bonds. The van der Waals surface area contributed by atoms with Gasteiger partial charge in [0.1, 0.15) is 36.1 Å². The van der Waals surface area contributed by atoms with Crippen LogP contribution in [0.4, 0.5) is 10.6 Å². The van der Waals surface area contributed by atoms with Crippen LogP contribution in [0.3, 0.4) is 0 Å². The molecule has 4 atom stereocenters. The highest BCUT2D eigenvalue weighted by Gasteiger charge is 2.45. The molecule has 2 N–H and O–H groups in total. The summed E-state index contributed by atoms with van der Waals surface area (Å²) in [6.45, 7) is 6.84. The molecule has 0 radical (unpaired) electrons. The van der Waals surface area contributed by atoms with Gasteiger partial charge in [-0.1, -0.05) is 24.6 Å². The van der Waals surface area contributed by atoms with Crippen LogP contribution in [-0.4, -0.2) is 73.7 Å². The van der Waals surface area contributed by atoms with Gasteiger partial charge in [-0.2, -0.15) is 4.67 Å². The fourth-order valence-corrected chi connectivity index (χ4v) is 7.45. The van der Waals surface area contributed by atoms with Crippen LogP contribution in [0.2, 0.25) is 0 Å². The zero-order chi connectivity index (χ0) is 31.7. The van der Waals surface area contributed by atoms with Crippen molar-refractivity contribution >= 4 is 36.6 Å². The first-order valence-corrected chi connectivity index (χ1v) is 16.6. The Morgan fingerprint density at radius 1 is 1.09 bits per heavy atom. The molecule has 4 rings (SSSR count). The molecule has 1 aliphatic rings. The number of esters is 1. The summed E-state index contributed by atoms with van der Waals surface area (Å²) in [7, 11) is -4.13. The lowest BCUT2D eigenvalue weighted by molar-refractivity contribution is -0.150. The second-order valence-corrected chi connectivity index (χ2v) is 12.8. The van der Waals surface area contributed by atoms with E-state index in [1.165, 1.54) is 24.8 Å². The summed E-state index contributed by atoms with van der Waals surface area (Å²) in [4.78, 5) is 38.3. The van der Waals surface area contributed by atoms with Gasteiger partial charge in [0.2, 0.25) is 0 Å². The van der Waals surface area contributed by atoms with Crippen LogP contribution in [0, 0.1) is 0 Å². The summed E-state index contributed by atoms with van der Waals surface area (Å²) in [6.07, 6.45) is 4.06. The van der Waals surface area contributed by atoms with Crippen molar-refractivity contribution in [3.8, 4) is 5.75 Å². The maximum Gasteiger partial charge on any atom is 0.510 e. The summed E-state index contributed by atoms with van der Waals surface area (Å²) in [5, 5.41) is 0. The van der Waals surface area contributed by atoms with E-state index in [-0.39, 0.29) is 30.8 Å². The molecule has 0 bridgehead atoms. The first-order chi connectivity index (χ1) is 21.1. The molecule has 0 saturated heterocycles. The maximum absolute atomic E-state index is 14.9. The Bertz CT molecular complexity index is 1430. The van der Waals surface area contributed by atoms with Crippen molar-refractivity contribution in [1.82, 2.24) is 24.2 Å². The maximum atomic E-state index is 14.9. The number of fused-ring (bicyclic) bond motifs is 1. The van der Waals surface area contributed by atoms with E-state index in [4.69, 9.17) is 29.2 Å². The summed E-state index contributed by atoms with van der Waals surface area (Å²) in [5.74, 6) is -0.142. The lowest BCUT2D eigenvalue weighted by Crippen LogP contribution is -2.47. The first-order valence-electron chi connectivity index (χ1n) is 14.8. The number of nitrogens with zero attached hydrogens (tertiary/aromatic N) is 5. The summed E-state index contributed by atoms with van der Waals surface area (Å²) in [5.41, 5.74) is 6.89. The number of hydrogen-bond acceptors (Lipinski definition) is 12. The van der Waals surface area contributed by atoms with E-state index in [0.29, 0.717) is 11.2 Å². The monoisotopic (exact) mass is 632 g/mol. The number of carbonyl (C=O) groups is 2. The molecule has 3 aromatic rings. The van der Waals surface area contributed by atoms with Gasteiger partial charge in [0, 0.05) is 0 Å². The van der Waals surface area contributed by atoms with Crippen molar-refractivity contribution in [2.24, 2.45) is 0 Å². The number of aromatic nitrogens is 4. The van der Waals surface area contributed by atoms with Gasteiger partial charge in [0.25, 0.3) is 0 Å². The van der Waals surface area contributed by atoms with Crippen LogP contribution in [0.5, 0.6) is 5.75 Å². The van der Waals surface area contributed by atoms with Crippen LogP contribution in [0.1, 0.15) is 59.8 Å². The largest absolute Gasteiger partial charge is 0.510 e. The molecule has 44 heavy (non-hydrogen) atoms. The number of anilines is 1. The summed E-state index contributed by atoms with van der Waals surface area (Å²) < 4.78 is 46.4. The van der Waals surface area contributed by atoms with Crippen LogP contribution in [0.25, 0.3) is 11.2 Å². The molecule has 0 aliphatic heterocycles. The minimum absolute atomic E-state index is 0.0975. The third-order valence-corrected chi connectivity index (χ3v) is 9.57. The van der Waals surface area contributed by atoms with Crippen molar-refractivity contribution in [2.75, 3.05) is 18.7 Å². The molecule has 15 heteroatoms. The Kier molecular flexibility index (Phi) is 11.5. The molecule has 2 aromatic heterocycles. The lowest BCUT2D eigenvalue weighted by Gasteiger charge is -2.37. The Hall–Kier alpha value is -3.74. The van der Waals surface area contributed by atoms with E-state index in [9.17, 15) is 14.2 Å². The standard InChI is InChI=1S/C29H41N6O8P/c1-5-39-28(36)21(3)35(22(4)41-29(37)42-23-12-8-6-9-13-23)44(38,43-24-14-10-7-11-15-24)19-40-20(2)16-34-18-33-25-26(30)31-17-32-27(25)34/h7,10-11,14-15,17-18,20-23H,5-6,8-9,12-13,16,19H2,1-4H3,(H2,30,31,32)/t20-,21+,22?,44?/m1/s1. The van der Waals surface area contributed by atoms with Crippen molar-refractivity contribution < 1.29 is 37.6 Å². The van der Waals surface area contributed by atoms with Gasteiger partial charge in [-0.15, -0.1) is 0 Å². The first kappa shape index (κ1) is 33.2. The summed E-state index contributed by atoms with van der Waals surface area (Å²) in [6, 6.07) is 7.36. The second kappa shape index (κ2) is 15.3. The van der Waals surface area contributed by atoms with Gasteiger partial charge in [0.05, 0.1) is 25.6 Å². The number of benzene rings is 1. The van der Waals surface area contributed by atoms with E-state index >= 15 is 0 Å². The minimum Gasteiger partial charge on any atom is -0.465 e. The highest BCUT2D eigenvalue weighted by molar-refractivity contribution is 7.56. The molecular weight excluding hydrogens is 591 g/mol. The van der Waals surface area contributed by atoms with Crippen molar-refractivity contribution in [1.29, 1.82) is 0 Å². The number of para-hydroxylation sites is 1. The third-order valence-electron chi connectivity index (χ3n) is 7.23. The molecular formula is C29H41N6O8P. The van der Waals surface area contributed by atoms with Gasteiger partial charge < -0.3 is 33.8 Å². The van der Waals surface area contributed by atoms with E-state index in [1.54, 1.807) is 55.1 Å². The van der Waals surface area contributed by atoms with E-state index < -0.39 is 44.4 Å². The van der Waals surface area contributed by atoms with Gasteiger partial charge in [-0.3, -0.25) is 9.36 Å². The number of nitrogen functional groups attached to an aromatic ring is 1. The smallest absolute Gasteiger partial charge is 0.465 e. The third kappa shape index (κ3) is 8.46. The van der Waals surface area contributed by atoms with E-state index in [2.05, 4.69) is 15.0 Å². The Labute approximate surface area is 256 Å². The quantitative estimate of drug-likeness (QED) is 0.141. The molecule has 240 valence electrons. The van der Waals surface area contributed by atoms with Crippen molar-refractivity contribution in [2.45, 2.75) is 90.8 Å². The molecule has 1 fully saturated rings. The SMILES string of the molecule is CCOC(=O)[C@H](C)N(C(C)OC(=O)OC1CCCCC1)P(=O)(CO[C@H](C)Cn1cnc2c(N)ncnc21)Oc1ccccc1. The highest BCUT2D eigenvalue weighted by Crippen LogP contribution is 2.54. The molecule has 1 aliphatic carbocycles. The molecule has 0 spiro atoms. The van der Waals surface area contributed by atoms with Gasteiger partial charge in [-0.05, 0) is 65.5 Å². The number of hydrogen-bond donors (Lipinski definition) is 1. The normalized spacial score (nSPS) is 17.4. The molecule has 14 nitrogen and oxygen atoms in total. The lowest BCUT2D eigenvalue weighted by atomic mass is 9.98. The van der Waals surface area contributed by atoms with E-state index in [1.807, 2.05) is 0 Å². The van der Waals surface area contributed by atoms with Gasteiger partial charge in [0.15, 0.2) is 17.7 Å². The fourth-order valence-electron chi connectivity index (χ4n) is 5.11. The average Bonchev–Trinajstić information content (AvgIpc) is 3.41.